The number of hydrogen-bond acceptors (Lipinski definition) is 5. The maximum atomic E-state index is 6.02. The van der Waals surface area contributed by atoms with Gasteiger partial charge in [-0.1, -0.05) is 0 Å². The molecule has 0 fully saturated rings. The molecular formula is C11H15N3O2. The molecule has 16 heavy (non-hydrogen) atoms. The molecule has 5 nitrogen and oxygen atoms in total. The van der Waals surface area contributed by atoms with Crippen LogP contribution in [0.4, 0.5) is 0 Å². The molecule has 0 bridgehead atoms. The second kappa shape index (κ2) is 4.94. The van der Waals surface area contributed by atoms with Gasteiger partial charge >= 0.3 is 0 Å². The minimum Gasteiger partial charge on any atom is -0.496 e. The first-order chi connectivity index (χ1) is 7.81. The van der Waals surface area contributed by atoms with E-state index in [1.54, 1.807) is 19.2 Å². The summed E-state index contributed by atoms with van der Waals surface area (Å²) in [6, 6.07) is 3.21. The summed E-state index contributed by atoms with van der Waals surface area (Å²) in [7, 11) is 1.55. The van der Waals surface area contributed by atoms with Gasteiger partial charge in [-0.2, -0.15) is 0 Å². The van der Waals surface area contributed by atoms with Gasteiger partial charge in [-0.05, 0) is 25.0 Å². The van der Waals surface area contributed by atoms with Gasteiger partial charge in [-0.15, -0.1) is 10.2 Å². The molecule has 1 atom stereocenters. The maximum Gasteiger partial charge on any atom is 0.233 e. The fourth-order valence-corrected chi connectivity index (χ4v) is 1.54. The molecule has 1 aliphatic rings. The van der Waals surface area contributed by atoms with Crippen LogP contribution in [0.5, 0.6) is 5.88 Å². The summed E-state index contributed by atoms with van der Waals surface area (Å²) in [6.45, 7) is 0.725. The van der Waals surface area contributed by atoms with E-state index in [1.807, 2.05) is 6.08 Å². The third kappa shape index (κ3) is 2.30. The summed E-state index contributed by atoms with van der Waals surface area (Å²) in [5.41, 5.74) is 6.71. The van der Waals surface area contributed by atoms with E-state index in [2.05, 4.69) is 10.2 Å². The Morgan fingerprint density at radius 1 is 1.44 bits per heavy atom. The molecule has 1 unspecified atom stereocenters. The highest BCUT2D eigenvalue weighted by Gasteiger charge is 2.17. The van der Waals surface area contributed by atoms with E-state index in [4.69, 9.17) is 15.2 Å². The second-order valence-electron chi connectivity index (χ2n) is 3.58. The number of nitrogens with zero attached hydrogens (tertiary/aromatic N) is 2. The average Bonchev–Trinajstić information content (AvgIpc) is 2.39. The van der Waals surface area contributed by atoms with Crippen LogP contribution in [-0.4, -0.2) is 23.9 Å². The van der Waals surface area contributed by atoms with Crippen molar-refractivity contribution in [1.82, 2.24) is 10.2 Å². The van der Waals surface area contributed by atoms with Crippen molar-refractivity contribution in [2.75, 3.05) is 13.7 Å². The van der Waals surface area contributed by atoms with Gasteiger partial charge < -0.3 is 15.2 Å². The summed E-state index contributed by atoms with van der Waals surface area (Å²) >= 11 is 0. The average molecular weight is 221 g/mol. The van der Waals surface area contributed by atoms with Crippen molar-refractivity contribution in [2.24, 2.45) is 5.73 Å². The molecule has 5 heteroatoms. The van der Waals surface area contributed by atoms with Crippen LogP contribution >= 0.6 is 0 Å². The van der Waals surface area contributed by atoms with Crippen molar-refractivity contribution < 1.29 is 9.47 Å². The smallest absolute Gasteiger partial charge is 0.233 e. The van der Waals surface area contributed by atoms with E-state index in [-0.39, 0.29) is 6.04 Å². The summed E-state index contributed by atoms with van der Waals surface area (Å²) in [5.74, 6) is 1.26. The lowest BCUT2D eigenvalue weighted by Gasteiger charge is -2.19. The zero-order valence-corrected chi connectivity index (χ0v) is 9.22. The van der Waals surface area contributed by atoms with Crippen LogP contribution in [0.1, 0.15) is 24.6 Å². The molecule has 1 aromatic rings. The predicted molar refractivity (Wildman–Crippen MR) is 58.8 cm³/mol. The minimum absolute atomic E-state index is 0.335. The van der Waals surface area contributed by atoms with Crippen LogP contribution in [0.3, 0.4) is 0 Å². The molecular weight excluding hydrogens is 206 g/mol. The highest BCUT2D eigenvalue weighted by molar-refractivity contribution is 5.20. The maximum absolute atomic E-state index is 6.02. The standard InChI is InChI=1S/C11H15N3O2/c1-15-10-6-5-8(13-14-10)11(12)9-4-2-3-7-16-9/h4-6,11H,2-3,7,12H2,1H3. The van der Waals surface area contributed by atoms with E-state index in [9.17, 15) is 0 Å². The number of hydrogen-bond donors (Lipinski definition) is 1. The van der Waals surface area contributed by atoms with Crippen molar-refractivity contribution >= 4 is 0 Å². The molecule has 2 heterocycles. The van der Waals surface area contributed by atoms with E-state index in [0.29, 0.717) is 11.6 Å². The molecule has 0 radical (unpaired) electrons. The number of ether oxygens (including phenoxy) is 2. The zero-order chi connectivity index (χ0) is 11.4. The monoisotopic (exact) mass is 221 g/mol. The van der Waals surface area contributed by atoms with Crippen LogP contribution in [0, 0.1) is 0 Å². The highest BCUT2D eigenvalue weighted by atomic mass is 16.5. The number of rotatable bonds is 3. The van der Waals surface area contributed by atoms with Gasteiger partial charge in [0, 0.05) is 6.07 Å². The van der Waals surface area contributed by atoms with Crippen molar-refractivity contribution in [3.8, 4) is 5.88 Å². The van der Waals surface area contributed by atoms with Crippen LogP contribution in [0.15, 0.2) is 24.0 Å². The molecule has 86 valence electrons. The SMILES string of the molecule is COc1ccc(C(N)C2=CCCCO2)nn1. The predicted octanol–water partition coefficient (Wildman–Crippen LogP) is 1.18. The Labute approximate surface area is 94.3 Å². The topological polar surface area (TPSA) is 70.3 Å². The Balaban J connectivity index is 2.13. The van der Waals surface area contributed by atoms with Crippen molar-refractivity contribution in [2.45, 2.75) is 18.9 Å². The van der Waals surface area contributed by atoms with Gasteiger partial charge in [0.25, 0.3) is 0 Å². The molecule has 1 aliphatic heterocycles. The molecule has 2 rings (SSSR count). The Morgan fingerprint density at radius 2 is 2.31 bits per heavy atom. The quantitative estimate of drug-likeness (QED) is 0.829. The van der Waals surface area contributed by atoms with Gasteiger partial charge in [-0.3, -0.25) is 0 Å². The van der Waals surface area contributed by atoms with Crippen molar-refractivity contribution in [3.05, 3.63) is 29.7 Å². The lowest BCUT2D eigenvalue weighted by Crippen LogP contribution is -2.19. The van der Waals surface area contributed by atoms with Crippen LogP contribution in [0.25, 0.3) is 0 Å². The minimum atomic E-state index is -0.335. The molecule has 0 aromatic carbocycles. The highest BCUT2D eigenvalue weighted by Crippen LogP contribution is 2.22. The van der Waals surface area contributed by atoms with E-state index in [0.717, 1.165) is 25.2 Å². The molecule has 2 N–H and O–H groups in total. The van der Waals surface area contributed by atoms with Gasteiger partial charge in [0.2, 0.25) is 5.88 Å². The second-order valence-corrected chi connectivity index (χ2v) is 3.58. The van der Waals surface area contributed by atoms with Crippen LogP contribution < -0.4 is 10.5 Å². The molecule has 0 saturated heterocycles. The Hall–Kier alpha value is -1.62. The molecule has 0 spiro atoms. The summed E-state index contributed by atoms with van der Waals surface area (Å²) in [5, 5.41) is 7.88. The first-order valence-electron chi connectivity index (χ1n) is 5.27. The molecule has 0 saturated carbocycles. The van der Waals surface area contributed by atoms with Gasteiger partial charge in [0.15, 0.2) is 0 Å². The zero-order valence-electron chi connectivity index (χ0n) is 9.22. The first-order valence-corrected chi connectivity index (χ1v) is 5.27. The van der Waals surface area contributed by atoms with Crippen LogP contribution in [-0.2, 0) is 4.74 Å². The molecule has 0 aliphatic carbocycles. The summed E-state index contributed by atoms with van der Waals surface area (Å²) in [4.78, 5) is 0. The first kappa shape index (κ1) is 10.9. The van der Waals surface area contributed by atoms with E-state index in [1.165, 1.54) is 0 Å². The number of aromatic nitrogens is 2. The number of nitrogens with two attached hydrogens (primary N) is 1. The number of methoxy groups -OCH3 is 1. The third-order valence-electron chi connectivity index (χ3n) is 2.46. The Morgan fingerprint density at radius 3 is 2.88 bits per heavy atom. The fraction of sp³-hybridized carbons (Fsp3) is 0.455. The van der Waals surface area contributed by atoms with Crippen LogP contribution in [0.2, 0.25) is 0 Å². The summed E-state index contributed by atoms with van der Waals surface area (Å²) in [6.07, 6.45) is 4.07. The number of allylic oxidation sites excluding steroid dienone is 1. The molecule has 0 amide bonds. The normalized spacial score (nSPS) is 17.2. The van der Waals surface area contributed by atoms with Crippen molar-refractivity contribution in [3.63, 3.8) is 0 Å². The Bertz CT molecular complexity index is 375. The fourth-order valence-electron chi connectivity index (χ4n) is 1.54. The van der Waals surface area contributed by atoms with Gasteiger partial charge in [-0.25, -0.2) is 0 Å². The van der Waals surface area contributed by atoms with Gasteiger partial charge in [0.05, 0.1) is 19.4 Å². The Kier molecular flexibility index (Phi) is 3.36. The lowest BCUT2D eigenvalue weighted by molar-refractivity contribution is 0.175. The summed E-state index contributed by atoms with van der Waals surface area (Å²) < 4.78 is 10.4. The largest absolute Gasteiger partial charge is 0.496 e. The van der Waals surface area contributed by atoms with Crippen molar-refractivity contribution in [1.29, 1.82) is 0 Å². The van der Waals surface area contributed by atoms with Gasteiger partial charge in [0.1, 0.15) is 11.8 Å². The molecule has 1 aromatic heterocycles. The third-order valence-corrected chi connectivity index (χ3v) is 2.46. The lowest BCUT2D eigenvalue weighted by atomic mass is 10.1. The van der Waals surface area contributed by atoms with E-state index >= 15 is 0 Å². The van der Waals surface area contributed by atoms with E-state index < -0.39 is 0 Å².